The first kappa shape index (κ1) is 37.2. The van der Waals surface area contributed by atoms with Crippen molar-refractivity contribution in [1.29, 1.82) is 5.26 Å². The van der Waals surface area contributed by atoms with Gasteiger partial charge in [-0.2, -0.15) is 5.26 Å². The summed E-state index contributed by atoms with van der Waals surface area (Å²) in [5.74, 6) is 5.64. The quantitative estimate of drug-likeness (QED) is 0.170. The molecular weight excluding hydrogens is 703 g/mol. The molecule has 4 saturated carbocycles. The average Bonchev–Trinajstić information content (AvgIpc) is 3.22. The van der Waals surface area contributed by atoms with Gasteiger partial charge in [0.15, 0.2) is 5.82 Å². The van der Waals surface area contributed by atoms with Gasteiger partial charge in [0.1, 0.15) is 0 Å². The van der Waals surface area contributed by atoms with E-state index in [1.54, 1.807) is 0 Å². The number of aromatic nitrogens is 2. The Hall–Kier alpha value is -5.07. The van der Waals surface area contributed by atoms with E-state index in [0.29, 0.717) is 16.4 Å². The highest BCUT2D eigenvalue weighted by atomic mass is 14.9. The van der Waals surface area contributed by atoms with Crippen LogP contribution in [0.25, 0.3) is 55.8 Å². The SMILES string of the molecule is C[C@@H]1CC2C[C@H](C)CC(c3ccc(-c4cc(-c5ccc(C67CC(C[C@@H](C)C6)C[C@H](C)C7)cc5)nc(-c5ccc(-c6ccc7cc(C#N)ccc7c6)cc5)n4)cc3)(C2)C1. The van der Waals surface area contributed by atoms with Gasteiger partial charge >= 0.3 is 0 Å². The van der Waals surface area contributed by atoms with Crippen molar-refractivity contribution in [2.75, 3.05) is 0 Å². The third kappa shape index (κ3) is 6.97. The normalized spacial score (nSPS) is 29.2. The summed E-state index contributed by atoms with van der Waals surface area (Å²) in [7, 11) is 0. The van der Waals surface area contributed by atoms with Crippen molar-refractivity contribution in [3.05, 3.63) is 132 Å². The fraction of sp³-hybridized carbons (Fsp3) is 0.400. The molecule has 58 heavy (non-hydrogen) atoms. The Bertz CT molecular complexity index is 2360. The van der Waals surface area contributed by atoms with E-state index in [4.69, 9.17) is 9.97 Å². The van der Waals surface area contributed by atoms with E-state index < -0.39 is 0 Å². The van der Waals surface area contributed by atoms with Crippen LogP contribution in [0, 0.1) is 46.8 Å². The van der Waals surface area contributed by atoms with Gasteiger partial charge in [0.05, 0.1) is 23.0 Å². The van der Waals surface area contributed by atoms with Crippen molar-refractivity contribution in [2.45, 2.75) is 103 Å². The van der Waals surface area contributed by atoms with Crippen molar-refractivity contribution in [1.82, 2.24) is 9.97 Å². The fourth-order valence-corrected chi connectivity index (χ4v) is 13.3. The molecule has 0 radical (unpaired) electrons. The monoisotopic (exact) mass is 759 g/mol. The molecular formula is C55H57N3. The van der Waals surface area contributed by atoms with Crippen LogP contribution >= 0.6 is 0 Å². The third-order valence-corrected chi connectivity index (χ3v) is 15.0. The van der Waals surface area contributed by atoms with E-state index in [1.165, 1.54) is 75.3 Å². The summed E-state index contributed by atoms with van der Waals surface area (Å²) in [4.78, 5) is 10.6. The first-order valence-electron chi connectivity index (χ1n) is 22.3. The highest BCUT2D eigenvalue weighted by molar-refractivity contribution is 5.88. The van der Waals surface area contributed by atoms with Gasteiger partial charge in [0.2, 0.25) is 0 Å². The molecule has 4 unspecified atom stereocenters. The molecule has 5 aromatic carbocycles. The van der Waals surface area contributed by atoms with E-state index in [0.717, 1.165) is 91.3 Å². The van der Waals surface area contributed by atoms with Crippen LogP contribution in [0.2, 0.25) is 0 Å². The molecule has 0 N–H and O–H groups in total. The Morgan fingerprint density at radius 2 is 0.862 bits per heavy atom. The lowest BCUT2D eigenvalue weighted by atomic mass is 9.54. The Balaban J connectivity index is 1.01. The van der Waals surface area contributed by atoms with E-state index in [9.17, 15) is 5.26 Å². The summed E-state index contributed by atoms with van der Waals surface area (Å²) in [6, 6.07) is 44.6. The first-order valence-corrected chi connectivity index (χ1v) is 22.3. The summed E-state index contributed by atoms with van der Waals surface area (Å²) in [5.41, 5.74) is 11.9. The van der Waals surface area contributed by atoms with Crippen LogP contribution < -0.4 is 0 Å². The highest BCUT2D eigenvalue weighted by Gasteiger charge is 2.46. The van der Waals surface area contributed by atoms with E-state index >= 15 is 0 Å². The minimum Gasteiger partial charge on any atom is -0.228 e. The number of rotatable bonds is 6. The van der Waals surface area contributed by atoms with Gasteiger partial charge in [-0.25, -0.2) is 9.97 Å². The van der Waals surface area contributed by atoms with Gasteiger partial charge in [-0.15, -0.1) is 0 Å². The minimum absolute atomic E-state index is 0.306. The van der Waals surface area contributed by atoms with Gasteiger partial charge < -0.3 is 0 Å². The van der Waals surface area contributed by atoms with Crippen molar-refractivity contribution in [3.8, 4) is 51.1 Å². The van der Waals surface area contributed by atoms with Crippen LogP contribution in [-0.4, -0.2) is 9.97 Å². The summed E-state index contributed by atoms with van der Waals surface area (Å²) in [5, 5.41) is 11.6. The molecule has 10 rings (SSSR count). The molecule has 1 aromatic heterocycles. The average molecular weight is 760 g/mol. The molecule has 292 valence electrons. The number of benzene rings is 5. The predicted molar refractivity (Wildman–Crippen MR) is 239 cm³/mol. The molecule has 3 heteroatoms. The maximum atomic E-state index is 9.36. The number of hydrogen-bond donors (Lipinski definition) is 0. The van der Waals surface area contributed by atoms with Gasteiger partial charge in [-0.1, -0.05) is 119 Å². The van der Waals surface area contributed by atoms with Gasteiger partial charge in [0.25, 0.3) is 0 Å². The number of nitrogens with zero attached hydrogens (tertiary/aromatic N) is 3. The zero-order valence-corrected chi connectivity index (χ0v) is 34.8. The van der Waals surface area contributed by atoms with Crippen molar-refractivity contribution >= 4 is 10.8 Å². The van der Waals surface area contributed by atoms with Crippen LogP contribution in [0.15, 0.2) is 115 Å². The van der Waals surface area contributed by atoms with Crippen LogP contribution in [-0.2, 0) is 10.8 Å². The molecule has 3 nitrogen and oxygen atoms in total. The number of nitriles is 1. The molecule has 0 saturated heterocycles. The van der Waals surface area contributed by atoms with Crippen LogP contribution in [0.3, 0.4) is 0 Å². The smallest absolute Gasteiger partial charge is 0.160 e. The van der Waals surface area contributed by atoms with Crippen LogP contribution in [0.4, 0.5) is 0 Å². The van der Waals surface area contributed by atoms with E-state index in [2.05, 4.69) is 131 Å². The topological polar surface area (TPSA) is 49.6 Å². The second kappa shape index (κ2) is 14.6. The molecule has 0 amide bonds. The number of fused-ring (bicyclic) bond motifs is 5. The molecule has 8 atom stereocenters. The standard InChI is InChI=1S/C55H57N3/c1-35-21-40-22-36(2)29-54(28-35,32-40)49-17-13-43(14-18-49)51-27-52(44-15-19-50(20-16-44)55-30-37(3)23-41(33-55)24-38(4)31-55)58-53(57-51)45-9-7-42(8-10-45)47-12-11-46-25-39(34-56)5-6-48(46)26-47/h5-20,25-27,35-38,40-41H,21-24,28-33H2,1-4H3/t35-,36+,37-,38+,40?,41?,54?,55?. The zero-order valence-electron chi connectivity index (χ0n) is 34.8. The summed E-state index contributed by atoms with van der Waals surface area (Å²) < 4.78 is 0. The maximum absolute atomic E-state index is 9.36. The van der Waals surface area contributed by atoms with Crippen LogP contribution in [0.1, 0.15) is 109 Å². The predicted octanol–water partition coefficient (Wildman–Crippen LogP) is 14.4. The largest absolute Gasteiger partial charge is 0.228 e. The van der Waals surface area contributed by atoms with Crippen LogP contribution in [0.5, 0.6) is 0 Å². The Morgan fingerprint density at radius 3 is 1.34 bits per heavy atom. The Labute approximate surface area is 346 Å². The molecule has 4 bridgehead atoms. The lowest BCUT2D eigenvalue weighted by Crippen LogP contribution is -2.42. The molecule has 6 aromatic rings. The summed E-state index contributed by atoms with van der Waals surface area (Å²) in [6.45, 7) is 9.90. The summed E-state index contributed by atoms with van der Waals surface area (Å²) >= 11 is 0. The van der Waals surface area contributed by atoms with Gasteiger partial charge in [-0.3, -0.25) is 0 Å². The Morgan fingerprint density at radius 1 is 0.448 bits per heavy atom. The van der Waals surface area contributed by atoms with Crippen molar-refractivity contribution in [3.63, 3.8) is 0 Å². The van der Waals surface area contributed by atoms with Crippen molar-refractivity contribution < 1.29 is 0 Å². The van der Waals surface area contributed by atoms with Gasteiger partial charge in [0, 0.05) is 16.7 Å². The van der Waals surface area contributed by atoms with E-state index in [1.807, 2.05) is 18.2 Å². The Kier molecular flexibility index (Phi) is 9.39. The lowest BCUT2D eigenvalue weighted by Gasteiger charge is -2.50. The van der Waals surface area contributed by atoms with Crippen molar-refractivity contribution in [2.24, 2.45) is 35.5 Å². The fourth-order valence-electron chi connectivity index (χ4n) is 13.3. The molecule has 1 heterocycles. The third-order valence-electron chi connectivity index (χ3n) is 15.0. The number of hydrogen-bond acceptors (Lipinski definition) is 3. The molecule has 0 aliphatic heterocycles. The van der Waals surface area contributed by atoms with E-state index in [-0.39, 0.29) is 0 Å². The first-order chi connectivity index (χ1) is 28.1. The molecule has 4 aliphatic rings. The lowest BCUT2D eigenvalue weighted by molar-refractivity contribution is 0.0779. The summed E-state index contributed by atoms with van der Waals surface area (Å²) in [6.07, 6.45) is 13.5. The zero-order chi connectivity index (χ0) is 39.6. The second-order valence-electron chi connectivity index (χ2n) is 20.0. The second-order valence-corrected chi connectivity index (χ2v) is 20.0. The molecule has 4 aliphatic carbocycles. The minimum atomic E-state index is 0.306. The molecule has 0 spiro atoms. The molecule has 4 fully saturated rings. The highest BCUT2D eigenvalue weighted by Crippen LogP contribution is 2.55. The maximum Gasteiger partial charge on any atom is 0.160 e. The van der Waals surface area contributed by atoms with Gasteiger partial charge in [-0.05, 0) is 168 Å².